The molecule has 2 unspecified atom stereocenters. The van der Waals surface area contributed by atoms with Crippen molar-refractivity contribution in [3.8, 4) is 0 Å². The highest BCUT2D eigenvalue weighted by molar-refractivity contribution is 5.56. The zero-order chi connectivity index (χ0) is 18.4. The Morgan fingerprint density at radius 3 is 2.50 bits per heavy atom. The molecule has 0 amide bonds. The number of methoxy groups -OCH3 is 1. The van der Waals surface area contributed by atoms with Crippen molar-refractivity contribution in [3.05, 3.63) is 65.2 Å². The summed E-state index contributed by atoms with van der Waals surface area (Å²) in [5.74, 6) is 0. The molecule has 4 nitrogen and oxygen atoms in total. The van der Waals surface area contributed by atoms with Crippen LogP contribution in [0.25, 0.3) is 0 Å². The number of aliphatic hydroxyl groups is 1. The third-order valence-electron chi connectivity index (χ3n) is 5.16. The molecule has 0 spiro atoms. The van der Waals surface area contributed by atoms with Gasteiger partial charge in [-0.1, -0.05) is 49.4 Å². The lowest BCUT2D eigenvalue weighted by atomic mass is 9.95. The van der Waals surface area contributed by atoms with Crippen molar-refractivity contribution in [2.45, 2.75) is 32.0 Å². The largest absolute Gasteiger partial charge is 0.390 e. The SMILES string of the molecule is CCc1cc(C(OC)C(O)Cc2ccccc2)ccc1N1CCNCC1. The predicted octanol–water partition coefficient (Wildman–Crippen LogP) is 2.95. The molecule has 2 aromatic carbocycles. The van der Waals surface area contributed by atoms with E-state index >= 15 is 0 Å². The van der Waals surface area contributed by atoms with E-state index in [1.165, 1.54) is 11.3 Å². The highest BCUT2D eigenvalue weighted by atomic mass is 16.5. The first-order valence-electron chi connectivity index (χ1n) is 9.56. The van der Waals surface area contributed by atoms with Crippen LogP contribution in [0.1, 0.15) is 29.7 Å². The Bertz CT molecular complexity index is 684. The van der Waals surface area contributed by atoms with E-state index in [0.717, 1.165) is 43.7 Å². The quantitative estimate of drug-likeness (QED) is 0.802. The molecule has 1 heterocycles. The molecule has 0 bridgehead atoms. The van der Waals surface area contributed by atoms with Gasteiger partial charge in [-0.3, -0.25) is 0 Å². The summed E-state index contributed by atoms with van der Waals surface area (Å²) in [7, 11) is 1.68. The third kappa shape index (κ3) is 4.44. The standard InChI is InChI=1S/C22H30N2O2/c1-3-18-16-19(9-10-20(18)24-13-11-23-12-14-24)22(26-2)21(25)15-17-7-5-4-6-8-17/h4-10,16,21-23,25H,3,11-15H2,1-2H3. The van der Waals surface area contributed by atoms with E-state index in [4.69, 9.17) is 4.74 Å². The van der Waals surface area contributed by atoms with E-state index < -0.39 is 6.10 Å². The van der Waals surface area contributed by atoms with Crippen molar-refractivity contribution in [2.24, 2.45) is 0 Å². The van der Waals surface area contributed by atoms with E-state index in [2.05, 4.69) is 35.3 Å². The summed E-state index contributed by atoms with van der Waals surface area (Å²) in [4.78, 5) is 2.45. The molecule has 1 fully saturated rings. The molecule has 1 saturated heterocycles. The minimum Gasteiger partial charge on any atom is -0.390 e. The van der Waals surface area contributed by atoms with Crippen molar-refractivity contribution >= 4 is 5.69 Å². The van der Waals surface area contributed by atoms with Crippen molar-refractivity contribution in [2.75, 3.05) is 38.2 Å². The van der Waals surface area contributed by atoms with Crippen LogP contribution in [0, 0.1) is 0 Å². The fourth-order valence-electron chi connectivity index (χ4n) is 3.76. The van der Waals surface area contributed by atoms with Gasteiger partial charge in [-0.25, -0.2) is 0 Å². The van der Waals surface area contributed by atoms with Crippen molar-refractivity contribution in [1.82, 2.24) is 5.32 Å². The van der Waals surface area contributed by atoms with Crippen LogP contribution in [0.3, 0.4) is 0 Å². The van der Waals surface area contributed by atoms with Crippen LogP contribution in [0.4, 0.5) is 5.69 Å². The van der Waals surface area contributed by atoms with Gasteiger partial charge in [0.1, 0.15) is 6.10 Å². The smallest absolute Gasteiger partial charge is 0.108 e. The molecule has 2 N–H and O–H groups in total. The Morgan fingerprint density at radius 2 is 1.85 bits per heavy atom. The summed E-state index contributed by atoms with van der Waals surface area (Å²) in [6.45, 7) is 6.32. The average Bonchev–Trinajstić information content (AvgIpc) is 2.70. The summed E-state index contributed by atoms with van der Waals surface area (Å²) in [5, 5.41) is 14.2. The normalized spacial score (nSPS) is 17.1. The first-order chi connectivity index (χ1) is 12.7. The lowest BCUT2D eigenvalue weighted by Crippen LogP contribution is -2.43. The molecule has 140 valence electrons. The van der Waals surface area contributed by atoms with Crippen LogP contribution < -0.4 is 10.2 Å². The average molecular weight is 354 g/mol. The fourth-order valence-corrected chi connectivity index (χ4v) is 3.76. The molecule has 1 aliphatic heterocycles. The number of rotatable bonds is 7. The summed E-state index contributed by atoms with van der Waals surface area (Å²) >= 11 is 0. The molecule has 2 aromatic rings. The number of anilines is 1. The number of ether oxygens (including phenoxy) is 1. The number of aliphatic hydroxyl groups excluding tert-OH is 1. The van der Waals surface area contributed by atoms with Crippen LogP contribution in [0.2, 0.25) is 0 Å². The summed E-state index contributed by atoms with van der Waals surface area (Å²) in [6, 6.07) is 16.6. The van der Waals surface area contributed by atoms with Crippen molar-refractivity contribution in [1.29, 1.82) is 0 Å². The molecule has 0 saturated carbocycles. The Balaban J connectivity index is 1.79. The Kier molecular flexibility index (Phi) is 6.67. The highest BCUT2D eigenvalue weighted by Crippen LogP contribution is 2.29. The maximum Gasteiger partial charge on any atom is 0.108 e. The van der Waals surface area contributed by atoms with Gasteiger partial charge in [0.05, 0.1) is 6.10 Å². The Labute approximate surface area is 156 Å². The van der Waals surface area contributed by atoms with Gasteiger partial charge in [-0.2, -0.15) is 0 Å². The van der Waals surface area contributed by atoms with Gasteiger partial charge in [-0.15, -0.1) is 0 Å². The monoisotopic (exact) mass is 354 g/mol. The van der Waals surface area contributed by atoms with Crippen LogP contribution in [-0.2, 0) is 17.6 Å². The van der Waals surface area contributed by atoms with E-state index in [1.54, 1.807) is 7.11 Å². The molecular weight excluding hydrogens is 324 g/mol. The van der Waals surface area contributed by atoms with E-state index in [9.17, 15) is 5.11 Å². The number of hydrogen-bond acceptors (Lipinski definition) is 4. The molecule has 3 rings (SSSR count). The van der Waals surface area contributed by atoms with Gasteiger partial charge >= 0.3 is 0 Å². The van der Waals surface area contributed by atoms with E-state index in [0.29, 0.717) is 6.42 Å². The molecule has 0 aromatic heterocycles. The Morgan fingerprint density at radius 1 is 1.12 bits per heavy atom. The predicted molar refractivity (Wildman–Crippen MR) is 107 cm³/mol. The van der Waals surface area contributed by atoms with Crippen LogP contribution >= 0.6 is 0 Å². The molecule has 4 heteroatoms. The zero-order valence-electron chi connectivity index (χ0n) is 15.8. The van der Waals surface area contributed by atoms with E-state index in [1.807, 2.05) is 30.3 Å². The molecule has 1 aliphatic rings. The first-order valence-corrected chi connectivity index (χ1v) is 9.56. The van der Waals surface area contributed by atoms with Gasteiger partial charge in [0.2, 0.25) is 0 Å². The number of nitrogens with one attached hydrogen (secondary N) is 1. The molecule has 2 atom stereocenters. The number of aryl methyl sites for hydroxylation is 1. The second-order valence-electron chi connectivity index (χ2n) is 6.89. The maximum atomic E-state index is 10.8. The van der Waals surface area contributed by atoms with E-state index in [-0.39, 0.29) is 6.10 Å². The number of hydrogen-bond donors (Lipinski definition) is 2. The van der Waals surface area contributed by atoms with Gasteiger partial charge < -0.3 is 20.1 Å². The third-order valence-corrected chi connectivity index (χ3v) is 5.16. The zero-order valence-corrected chi connectivity index (χ0v) is 15.8. The van der Waals surface area contributed by atoms with Gasteiger partial charge in [-0.05, 0) is 29.2 Å². The highest BCUT2D eigenvalue weighted by Gasteiger charge is 2.23. The second kappa shape index (κ2) is 9.17. The summed E-state index contributed by atoms with van der Waals surface area (Å²) in [6.07, 6.45) is 0.660. The lowest BCUT2D eigenvalue weighted by molar-refractivity contribution is -0.0128. The number of piperazine rings is 1. The van der Waals surface area contributed by atoms with Crippen molar-refractivity contribution in [3.63, 3.8) is 0 Å². The Hall–Kier alpha value is -1.88. The second-order valence-corrected chi connectivity index (χ2v) is 6.89. The van der Waals surface area contributed by atoms with Crippen LogP contribution in [-0.4, -0.2) is 44.5 Å². The number of benzene rings is 2. The topological polar surface area (TPSA) is 44.7 Å². The maximum absolute atomic E-state index is 10.8. The molecule has 0 radical (unpaired) electrons. The number of nitrogens with zero attached hydrogens (tertiary/aromatic N) is 1. The van der Waals surface area contributed by atoms with Gasteiger partial charge in [0.25, 0.3) is 0 Å². The van der Waals surface area contributed by atoms with Crippen LogP contribution in [0.5, 0.6) is 0 Å². The van der Waals surface area contributed by atoms with Gasteiger partial charge in [0, 0.05) is 45.4 Å². The molecule has 0 aliphatic carbocycles. The molecular formula is C22H30N2O2. The summed E-state index contributed by atoms with van der Waals surface area (Å²) < 4.78 is 5.68. The fraction of sp³-hybridized carbons (Fsp3) is 0.455. The first kappa shape index (κ1) is 18.9. The summed E-state index contributed by atoms with van der Waals surface area (Å²) in [5.41, 5.74) is 4.80. The minimum atomic E-state index is -0.572. The van der Waals surface area contributed by atoms with Crippen LogP contribution in [0.15, 0.2) is 48.5 Å². The van der Waals surface area contributed by atoms with Gasteiger partial charge in [0.15, 0.2) is 0 Å². The van der Waals surface area contributed by atoms with Crippen molar-refractivity contribution < 1.29 is 9.84 Å². The lowest BCUT2D eigenvalue weighted by Gasteiger charge is -2.32. The molecule has 26 heavy (non-hydrogen) atoms. The minimum absolute atomic E-state index is 0.322.